The summed E-state index contributed by atoms with van der Waals surface area (Å²) in [5.74, 6) is 1.98. The maximum absolute atomic E-state index is 5.60. The normalized spacial score (nSPS) is 21.4. The highest BCUT2D eigenvalue weighted by Crippen LogP contribution is 2.63. The summed E-state index contributed by atoms with van der Waals surface area (Å²) >= 11 is 0. The molecule has 3 aromatic rings. The monoisotopic (exact) mass is 331 g/mol. The maximum atomic E-state index is 5.60. The first-order valence-electron chi connectivity index (χ1n) is 9.04. The molecule has 1 aromatic heterocycles. The van der Waals surface area contributed by atoms with Gasteiger partial charge in [0, 0.05) is 11.5 Å². The molecule has 1 unspecified atom stereocenters. The minimum atomic E-state index is 0.423. The second-order valence-electron chi connectivity index (χ2n) is 7.27. The standard InChI is InChI=1S/C21H21N3O/c1-2-4-15(5-3-1)16-6-8-17(9-7-16)19-23-20(25-24-19)18-14-21(18)10-12-22-13-11-21/h1-9,18,22H,10-14H2. The molecule has 25 heavy (non-hydrogen) atoms. The van der Waals surface area contributed by atoms with Crippen LogP contribution in [0.25, 0.3) is 22.5 Å². The SMILES string of the molecule is c1ccc(-c2ccc(-c3noc(C4CC45CCNCC5)n3)cc2)cc1. The lowest BCUT2D eigenvalue weighted by Crippen LogP contribution is -2.29. The van der Waals surface area contributed by atoms with Gasteiger partial charge in [-0.1, -0.05) is 59.8 Å². The molecule has 2 heterocycles. The summed E-state index contributed by atoms with van der Waals surface area (Å²) in [6.45, 7) is 2.22. The van der Waals surface area contributed by atoms with Crippen molar-refractivity contribution in [2.45, 2.75) is 25.2 Å². The quantitative estimate of drug-likeness (QED) is 0.779. The lowest BCUT2D eigenvalue weighted by molar-refractivity contribution is 0.311. The Kier molecular flexibility index (Phi) is 3.45. The molecule has 4 heteroatoms. The predicted molar refractivity (Wildman–Crippen MR) is 97.1 cm³/mol. The molecule has 0 radical (unpaired) electrons. The first-order chi connectivity index (χ1) is 12.3. The van der Waals surface area contributed by atoms with Crippen molar-refractivity contribution < 1.29 is 4.52 Å². The van der Waals surface area contributed by atoms with Gasteiger partial charge in [-0.25, -0.2) is 0 Å². The summed E-state index contributed by atoms with van der Waals surface area (Å²) < 4.78 is 5.60. The molecule has 2 fully saturated rings. The van der Waals surface area contributed by atoms with Crippen LogP contribution in [0.2, 0.25) is 0 Å². The number of benzene rings is 2. The summed E-state index contributed by atoms with van der Waals surface area (Å²) in [7, 11) is 0. The highest BCUT2D eigenvalue weighted by molar-refractivity contribution is 5.67. The fraction of sp³-hybridized carbons (Fsp3) is 0.333. The van der Waals surface area contributed by atoms with E-state index in [2.05, 4.69) is 59.0 Å². The van der Waals surface area contributed by atoms with Gasteiger partial charge in [0.1, 0.15) is 0 Å². The Hall–Kier alpha value is -2.46. The Bertz CT molecular complexity index is 864. The second-order valence-corrected chi connectivity index (χ2v) is 7.27. The third-order valence-electron chi connectivity index (χ3n) is 5.78. The smallest absolute Gasteiger partial charge is 0.230 e. The molecule has 1 N–H and O–H groups in total. The zero-order chi connectivity index (χ0) is 16.7. The van der Waals surface area contributed by atoms with Gasteiger partial charge in [0.15, 0.2) is 0 Å². The number of hydrogen-bond donors (Lipinski definition) is 1. The molecular formula is C21H21N3O. The summed E-state index contributed by atoms with van der Waals surface area (Å²) in [6.07, 6.45) is 3.64. The molecule has 1 saturated carbocycles. The Morgan fingerprint density at radius 1 is 0.880 bits per heavy atom. The number of hydrogen-bond acceptors (Lipinski definition) is 4. The van der Waals surface area contributed by atoms with Crippen molar-refractivity contribution in [2.75, 3.05) is 13.1 Å². The van der Waals surface area contributed by atoms with E-state index in [-0.39, 0.29) is 0 Å². The Morgan fingerprint density at radius 2 is 1.56 bits per heavy atom. The van der Waals surface area contributed by atoms with Gasteiger partial charge in [-0.2, -0.15) is 4.98 Å². The lowest BCUT2D eigenvalue weighted by Gasteiger charge is -2.22. The van der Waals surface area contributed by atoms with Gasteiger partial charge < -0.3 is 9.84 Å². The largest absolute Gasteiger partial charge is 0.339 e. The van der Waals surface area contributed by atoms with E-state index in [1.54, 1.807) is 0 Å². The zero-order valence-corrected chi connectivity index (χ0v) is 14.1. The van der Waals surface area contributed by atoms with Crippen LogP contribution in [-0.2, 0) is 0 Å². The van der Waals surface area contributed by atoms with Gasteiger partial charge >= 0.3 is 0 Å². The van der Waals surface area contributed by atoms with Crippen LogP contribution in [-0.4, -0.2) is 23.2 Å². The van der Waals surface area contributed by atoms with E-state index in [0.29, 0.717) is 17.2 Å². The Balaban J connectivity index is 1.36. The molecule has 5 rings (SSSR count). The Labute approximate surface area is 147 Å². The molecule has 1 aliphatic heterocycles. The highest BCUT2D eigenvalue weighted by atomic mass is 16.5. The number of rotatable bonds is 3. The fourth-order valence-electron chi connectivity index (χ4n) is 4.11. The van der Waals surface area contributed by atoms with Gasteiger partial charge in [0.05, 0.1) is 0 Å². The summed E-state index contributed by atoms with van der Waals surface area (Å²) in [5.41, 5.74) is 3.85. The molecule has 1 saturated heterocycles. The van der Waals surface area contributed by atoms with Crippen LogP contribution in [0.15, 0.2) is 59.1 Å². The van der Waals surface area contributed by atoms with Crippen molar-refractivity contribution >= 4 is 0 Å². The highest BCUT2D eigenvalue weighted by Gasteiger charge is 2.57. The summed E-state index contributed by atoms with van der Waals surface area (Å²) in [4.78, 5) is 4.70. The topological polar surface area (TPSA) is 51.0 Å². The predicted octanol–water partition coefficient (Wildman–Crippen LogP) is 4.26. The molecule has 126 valence electrons. The minimum absolute atomic E-state index is 0.423. The second kappa shape index (κ2) is 5.81. The molecule has 4 nitrogen and oxygen atoms in total. The molecule has 2 aliphatic rings. The maximum Gasteiger partial charge on any atom is 0.230 e. The molecule has 0 bridgehead atoms. The van der Waals surface area contributed by atoms with Crippen LogP contribution in [0, 0.1) is 5.41 Å². The van der Waals surface area contributed by atoms with Gasteiger partial charge in [-0.15, -0.1) is 0 Å². The fourth-order valence-corrected chi connectivity index (χ4v) is 4.11. The average molecular weight is 331 g/mol. The van der Waals surface area contributed by atoms with Gasteiger partial charge in [-0.05, 0) is 48.9 Å². The number of piperidine rings is 1. The molecule has 1 aliphatic carbocycles. The molecule has 1 spiro atoms. The minimum Gasteiger partial charge on any atom is -0.339 e. The first kappa shape index (κ1) is 14.8. The van der Waals surface area contributed by atoms with Crippen molar-refractivity contribution in [3.05, 3.63) is 60.5 Å². The van der Waals surface area contributed by atoms with Crippen LogP contribution in [0.1, 0.15) is 31.1 Å². The molecule has 0 amide bonds. The molecule has 1 atom stereocenters. The van der Waals surface area contributed by atoms with Crippen LogP contribution >= 0.6 is 0 Å². The van der Waals surface area contributed by atoms with Crippen molar-refractivity contribution in [1.29, 1.82) is 0 Å². The van der Waals surface area contributed by atoms with Crippen LogP contribution in [0.4, 0.5) is 0 Å². The van der Waals surface area contributed by atoms with E-state index in [4.69, 9.17) is 9.51 Å². The van der Waals surface area contributed by atoms with Crippen LogP contribution < -0.4 is 5.32 Å². The van der Waals surface area contributed by atoms with E-state index >= 15 is 0 Å². The van der Waals surface area contributed by atoms with E-state index < -0.39 is 0 Å². The van der Waals surface area contributed by atoms with Gasteiger partial charge in [0.2, 0.25) is 11.7 Å². The molecular weight excluding hydrogens is 310 g/mol. The van der Waals surface area contributed by atoms with Gasteiger partial charge in [-0.3, -0.25) is 0 Å². The van der Waals surface area contributed by atoms with Crippen molar-refractivity contribution in [3.63, 3.8) is 0 Å². The van der Waals surface area contributed by atoms with E-state index in [1.807, 2.05) is 6.07 Å². The Morgan fingerprint density at radius 3 is 2.32 bits per heavy atom. The summed E-state index contributed by atoms with van der Waals surface area (Å²) in [5, 5.41) is 7.66. The number of nitrogens with zero attached hydrogens (tertiary/aromatic N) is 2. The van der Waals surface area contributed by atoms with Crippen molar-refractivity contribution in [2.24, 2.45) is 5.41 Å². The lowest BCUT2D eigenvalue weighted by atomic mass is 9.92. The van der Waals surface area contributed by atoms with E-state index in [9.17, 15) is 0 Å². The third-order valence-corrected chi connectivity index (χ3v) is 5.78. The van der Waals surface area contributed by atoms with Crippen molar-refractivity contribution in [3.8, 4) is 22.5 Å². The molecule has 2 aromatic carbocycles. The zero-order valence-electron chi connectivity index (χ0n) is 14.1. The third kappa shape index (κ3) is 2.67. The average Bonchev–Trinajstić information content (AvgIpc) is 3.15. The number of aromatic nitrogens is 2. The van der Waals surface area contributed by atoms with Crippen LogP contribution in [0.3, 0.4) is 0 Å². The van der Waals surface area contributed by atoms with E-state index in [1.165, 1.54) is 30.4 Å². The number of nitrogens with one attached hydrogen (secondary N) is 1. The van der Waals surface area contributed by atoms with Crippen molar-refractivity contribution in [1.82, 2.24) is 15.5 Å². The van der Waals surface area contributed by atoms with E-state index in [0.717, 1.165) is 24.5 Å². The first-order valence-corrected chi connectivity index (χ1v) is 9.04. The van der Waals surface area contributed by atoms with Gasteiger partial charge in [0.25, 0.3) is 0 Å². The van der Waals surface area contributed by atoms with Crippen LogP contribution in [0.5, 0.6) is 0 Å². The summed E-state index contributed by atoms with van der Waals surface area (Å²) in [6, 6.07) is 18.8.